The zero-order valence-electron chi connectivity index (χ0n) is 13.4. The van der Waals surface area contributed by atoms with Crippen molar-refractivity contribution in [3.8, 4) is 5.88 Å². The molecule has 1 N–H and O–H groups in total. The summed E-state index contributed by atoms with van der Waals surface area (Å²) in [7, 11) is 0. The third-order valence-corrected chi connectivity index (χ3v) is 5.55. The number of aryl methyl sites for hydroxylation is 1. The summed E-state index contributed by atoms with van der Waals surface area (Å²) in [6.07, 6.45) is 3.45. The van der Waals surface area contributed by atoms with Crippen LogP contribution in [0.1, 0.15) is 41.6 Å². The smallest absolute Gasteiger partial charge is 0.230 e. The average Bonchev–Trinajstić information content (AvgIpc) is 3.07. The molecule has 7 heteroatoms. The predicted octanol–water partition coefficient (Wildman–Crippen LogP) is 3.52. The maximum Gasteiger partial charge on any atom is 0.230 e. The molecule has 1 atom stereocenters. The molecule has 24 heavy (non-hydrogen) atoms. The van der Waals surface area contributed by atoms with Crippen molar-refractivity contribution >= 4 is 16.3 Å². The van der Waals surface area contributed by atoms with Crippen LogP contribution in [0.3, 0.4) is 0 Å². The van der Waals surface area contributed by atoms with Crippen molar-refractivity contribution in [1.29, 1.82) is 0 Å². The number of hydrogen-bond donors (Lipinski definition) is 1. The van der Waals surface area contributed by atoms with Crippen molar-refractivity contribution in [2.24, 2.45) is 0 Å². The first-order chi connectivity index (χ1) is 11.6. The average molecular weight is 346 g/mol. The van der Waals surface area contributed by atoms with Crippen LogP contribution in [0.5, 0.6) is 5.88 Å². The zero-order valence-corrected chi connectivity index (χ0v) is 14.3. The van der Waals surface area contributed by atoms with Gasteiger partial charge in [-0.1, -0.05) is 29.9 Å². The SMILES string of the molecule is Cc1nc2sc([C@H](c3cccc(F)c3)N3CCCCC3)c(O)n2n1. The van der Waals surface area contributed by atoms with Crippen LogP contribution in [0.15, 0.2) is 24.3 Å². The lowest BCUT2D eigenvalue weighted by atomic mass is 10.0. The minimum atomic E-state index is -0.260. The topological polar surface area (TPSA) is 53.7 Å². The van der Waals surface area contributed by atoms with E-state index in [2.05, 4.69) is 15.0 Å². The lowest BCUT2D eigenvalue weighted by molar-refractivity contribution is 0.186. The second kappa shape index (κ2) is 6.14. The van der Waals surface area contributed by atoms with Gasteiger partial charge in [-0.25, -0.2) is 9.37 Å². The van der Waals surface area contributed by atoms with Gasteiger partial charge in [0.2, 0.25) is 10.8 Å². The van der Waals surface area contributed by atoms with E-state index in [0.29, 0.717) is 10.8 Å². The molecule has 1 fully saturated rings. The van der Waals surface area contributed by atoms with E-state index in [4.69, 9.17) is 0 Å². The summed E-state index contributed by atoms with van der Waals surface area (Å²) in [5, 5.41) is 14.9. The summed E-state index contributed by atoms with van der Waals surface area (Å²) in [4.78, 5) is 8.11. The monoisotopic (exact) mass is 346 g/mol. The number of benzene rings is 1. The summed E-state index contributed by atoms with van der Waals surface area (Å²) in [5.41, 5.74) is 0.855. The Morgan fingerprint density at radius 1 is 1.25 bits per heavy atom. The molecule has 0 aliphatic carbocycles. The maximum absolute atomic E-state index is 13.8. The summed E-state index contributed by atoms with van der Waals surface area (Å²) in [6.45, 7) is 3.67. The molecule has 3 heterocycles. The van der Waals surface area contributed by atoms with Crippen molar-refractivity contribution in [3.05, 3.63) is 46.3 Å². The molecule has 1 aliphatic rings. The molecule has 126 valence electrons. The Hall–Kier alpha value is -1.99. The van der Waals surface area contributed by atoms with Gasteiger partial charge in [0.1, 0.15) is 11.6 Å². The lowest BCUT2D eigenvalue weighted by Gasteiger charge is -2.34. The summed E-state index contributed by atoms with van der Waals surface area (Å²) >= 11 is 1.42. The van der Waals surface area contributed by atoms with Gasteiger partial charge in [0, 0.05) is 0 Å². The van der Waals surface area contributed by atoms with E-state index >= 15 is 0 Å². The summed E-state index contributed by atoms with van der Waals surface area (Å²) < 4.78 is 15.3. The molecule has 0 unspecified atom stereocenters. The van der Waals surface area contributed by atoms with Crippen LogP contribution in [-0.2, 0) is 0 Å². The highest BCUT2D eigenvalue weighted by atomic mass is 32.1. The molecule has 1 saturated heterocycles. The van der Waals surface area contributed by atoms with Gasteiger partial charge < -0.3 is 5.11 Å². The Bertz CT molecular complexity index is 869. The third kappa shape index (κ3) is 2.67. The van der Waals surface area contributed by atoms with Gasteiger partial charge in [0.25, 0.3) is 0 Å². The second-order valence-corrected chi connectivity index (χ2v) is 7.21. The fourth-order valence-electron chi connectivity index (χ4n) is 3.41. The number of halogens is 1. The molecule has 0 radical (unpaired) electrons. The normalized spacial score (nSPS) is 17.4. The number of thiazole rings is 1. The fourth-order valence-corrected chi connectivity index (χ4v) is 4.57. The number of fused-ring (bicyclic) bond motifs is 1. The Balaban J connectivity index is 1.84. The Morgan fingerprint density at radius 3 is 2.75 bits per heavy atom. The minimum Gasteiger partial charge on any atom is -0.492 e. The maximum atomic E-state index is 13.8. The number of likely N-dealkylation sites (tertiary alicyclic amines) is 1. The molecule has 4 rings (SSSR count). The van der Waals surface area contributed by atoms with E-state index in [1.165, 1.54) is 28.3 Å². The van der Waals surface area contributed by atoms with Gasteiger partial charge in [-0.05, 0) is 50.6 Å². The third-order valence-electron chi connectivity index (χ3n) is 4.47. The lowest BCUT2D eigenvalue weighted by Crippen LogP contribution is -2.34. The van der Waals surface area contributed by atoms with Crippen LogP contribution < -0.4 is 0 Å². The summed E-state index contributed by atoms with van der Waals surface area (Å²) in [5.74, 6) is 0.475. The summed E-state index contributed by atoms with van der Waals surface area (Å²) in [6, 6.07) is 6.47. The van der Waals surface area contributed by atoms with Crippen molar-refractivity contribution in [3.63, 3.8) is 0 Å². The first-order valence-electron chi connectivity index (χ1n) is 8.18. The highest BCUT2D eigenvalue weighted by molar-refractivity contribution is 7.17. The first-order valence-corrected chi connectivity index (χ1v) is 8.99. The second-order valence-electron chi connectivity index (χ2n) is 6.20. The Kier molecular flexibility index (Phi) is 3.97. The Morgan fingerprint density at radius 2 is 2.04 bits per heavy atom. The van der Waals surface area contributed by atoms with Gasteiger partial charge in [0.15, 0.2) is 0 Å². The molecule has 2 aromatic heterocycles. The molecular weight excluding hydrogens is 327 g/mol. The van der Waals surface area contributed by atoms with Crippen LogP contribution >= 0.6 is 11.3 Å². The van der Waals surface area contributed by atoms with Gasteiger partial charge in [-0.15, -0.1) is 5.10 Å². The molecular formula is C17H19FN4OS. The molecule has 0 saturated carbocycles. The van der Waals surface area contributed by atoms with Crippen LogP contribution in [0, 0.1) is 12.7 Å². The highest BCUT2D eigenvalue weighted by Crippen LogP contribution is 2.40. The zero-order chi connectivity index (χ0) is 16.7. The fraction of sp³-hybridized carbons (Fsp3) is 0.412. The Labute approximate surface area is 143 Å². The van der Waals surface area contributed by atoms with Crippen molar-refractivity contribution in [1.82, 2.24) is 19.5 Å². The number of rotatable bonds is 3. The van der Waals surface area contributed by atoms with Gasteiger partial charge >= 0.3 is 0 Å². The van der Waals surface area contributed by atoms with E-state index in [1.54, 1.807) is 19.1 Å². The molecule has 3 aromatic rings. The largest absolute Gasteiger partial charge is 0.492 e. The van der Waals surface area contributed by atoms with Crippen molar-refractivity contribution < 1.29 is 9.50 Å². The number of aromatic hydroxyl groups is 1. The molecule has 5 nitrogen and oxygen atoms in total. The number of piperidine rings is 1. The van der Waals surface area contributed by atoms with E-state index in [9.17, 15) is 9.50 Å². The van der Waals surface area contributed by atoms with Gasteiger partial charge in [-0.3, -0.25) is 4.90 Å². The van der Waals surface area contributed by atoms with E-state index in [1.807, 2.05) is 6.07 Å². The number of nitrogens with zero attached hydrogens (tertiary/aromatic N) is 4. The van der Waals surface area contributed by atoms with Crippen molar-refractivity contribution in [2.75, 3.05) is 13.1 Å². The minimum absolute atomic E-state index is 0.107. The molecule has 0 amide bonds. The van der Waals surface area contributed by atoms with Crippen LogP contribution in [0.4, 0.5) is 4.39 Å². The molecule has 0 spiro atoms. The van der Waals surface area contributed by atoms with Gasteiger partial charge in [-0.2, -0.15) is 4.52 Å². The standard InChI is InChI=1S/C17H19FN4OS/c1-11-19-17-22(20-11)16(23)15(24-17)14(21-8-3-2-4-9-21)12-6-5-7-13(18)10-12/h5-7,10,14,23H,2-4,8-9H2,1H3/t14-/m0/s1. The van der Waals surface area contributed by atoms with Crippen molar-refractivity contribution in [2.45, 2.75) is 32.2 Å². The highest BCUT2D eigenvalue weighted by Gasteiger charge is 2.30. The molecule has 1 aromatic carbocycles. The van der Waals surface area contributed by atoms with Crippen LogP contribution in [-0.4, -0.2) is 37.7 Å². The van der Waals surface area contributed by atoms with E-state index in [0.717, 1.165) is 36.4 Å². The quantitative estimate of drug-likeness (QED) is 0.788. The molecule has 1 aliphatic heterocycles. The predicted molar refractivity (Wildman–Crippen MR) is 90.9 cm³/mol. The molecule has 0 bridgehead atoms. The number of hydrogen-bond acceptors (Lipinski definition) is 5. The number of aromatic nitrogens is 3. The van der Waals surface area contributed by atoms with Gasteiger partial charge in [0.05, 0.1) is 10.9 Å². The van der Waals surface area contributed by atoms with Crippen LogP contribution in [0.25, 0.3) is 4.96 Å². The first kappa shape index (κ1) is 15.5. The van der Waals surface area contributed by atoms with E-state index in [-0.39, 0.29) is 17.7 Å². The van der Waals surface area contributed by atoms with E-state index < -0.39 is 0 Å². The van der Waals surface area contributed by atoms with Crippen LogP contribution in [0.2, 0.25) is 0 Å².